The van der Waals surface area contributed by atoms with Gasteiger partial charge in [-0.2, -0.15) is 0 Å². The van der Waals surface area contributed by atoms with Crippen LogP contribution >= 0.6 is 0 Å². The number of anilines is 1. The molecule has 5 heteroatoms. The molecule has 1 unspecified atom stereocenters. The highest BCUT2D eigenvalue weighted by Crippen LogP contribution is 2.21. The van der Waals surface area contributed by atoms with Gasteiger partial charge in [-0.1, -0.05) is 6.07 Å². The molecule has 0 aromatic carbocycles. The number of nitrogens with zero attached hydrogens (tertiary/aromatic N) is 3. The second-order valence-corrected chi connectivity index (χ2v) is 5.99. The minimum atomic E-state index is 0.280. The molecule has 0 aliphatic carbocycles. The Balaban J connectivity index is 1.76. The molecule has 1 atom stereocenters. The Hall–Kier alpha value is -2.01. The lowest BCUT2D eigenvalue weighted by Gasteiger charge is -2.22. The Morgan fingerprint density at radius 2 is 2.09 bits per heavy atom. The number of pyridine rings is 1. The molecule has 0 saturated heterocycles. The number of aromatic nitrogens is 3. The van der Waals surface area contributed by atoms with Gasteiger partial charge in [-0.3, -0.25) is 4.98 Å². The van der Waals surface area contributed by atoms with E-state index >= 15 is 0 Å². The maximum absolute atomic E-state index is 4.62. The van der Waals surface area contributed by atoms with Crippen LogP contribution in [0.1, 0.15) is 35.4 Å². The lowest BCUT2D eigenvalue weighted by molar-refractivity contribution is 0.618. The molecule has 0 amide bonds. The van der Waals surface area contributed by atoms with Gasteiger partial charge in [0.1, 0.15) is 11.6 Å². The number of hydrogen-bond donors (Lipinski definition) is 2. The van der Waals surface area contributed by atoms with Crippen LogP contribution in [0.4, 0.5) is 5.82 Å². The van der Waals surface area contributed by atoms with E-state index in [1.807, 2.05) is 19.9 Å². The number of nitrogens with one attached hydrogen (secondary N) is 2. The third-order valence-corrected chi connectivity index (χ3v) is 3.89. The van der Waals surface area contributed by atoms with Gasteiger partial charge in [0, 0.05) is 36.0 Å². The number of fused-ring (bicyclic) bond motifs is 1. The zero-order valence-corrected chi connectivity index (χ0v) is 13.5. The molecule has 1 aliphatic rings. The van der Waals surface area contributed by atoms with Gasteiger partial charge in [0.15, 0.2) is 0 Å². The predicted molar refractivity (Wildman–Crippen MR) is 87.9 cm³/mol. The highest BCUT2D eigenvalue weighted by molar-refractivity contribution is 5.48. The zero-order chi connectivity index (χ0) is 15.5. The summed E-state index contributed by atoms with van der Waals surface area (Å²) in [5.41, 5.74) is 4.56. The van der Waals surface area contributed by atoms with Gasteiger partial charge in [0.2, 0.25) is 0 Å². The van der Waals surface area contributed by atoms with Crippen molar-refractivity contribution in [2.24, 2.45) is 0 Å². The van der Waals surface area contributed by atoms with Gasteiger partial charge in [-0.25, -0.2) is 9.97 Å². The van der Waals surface area contributed by atoms with Crippen LogP contribution in [0, 0.1) is 13.8 Å². The first-order valence-electron chi connectivity index (χ1n) is 7.88. The Kier molecular flexibility index (Phi) is 4.34. The molecule has 1 aliphatic heterocycles. The number of rotatable bonds is 4. The van der Waals surface area contributed by atoms with Crippen molar-refractivity contribution in [1.29, 1.82) is 0 Å². The van der Waals surface area contributed by atoms with Crippen molar-refractivity contribution in [3.8, 4) is 0 Å². The van der Waals surface area contributed by atoms with E-state index in [0.29, 0.717) is 0 Å². The number of aryl methyl sites for hydroxylation is 2. The molecule has 0 saturated carbocycles. The van der Waals surface area contributed by atoms with Crippen molar-refractivity contribution in [2.45, 2.75) is 46.2 Å². The van der Waals surface area contributed by atoms with Crippen molar-refractivity contribution in [3.63, 3.8) is 0 Å². The van der Waals surface area contributed by atoms with Crippen LogP contribution in [-0.2, 0) is 19.4 Å². The SMILES string of the molecule is Cc1cccc(CC(C)Nc2nc(C)nc3c2CCNC3)n1. The van der Waals surface area contributed by atoms with Gasteiger partial charge in [-0.05, 0) is 45.9 Å². The quantitative estimate of drug-likeness (QED) is 0.905. The molecule has 2 N–H and O–H groups in total. The summed E-state index contributed by atoms with van der Waals surface area (Å²) in [6, 6.07) is 6.45. The first-order chi connectivity index (χ1) is 10.6. The Bertz CT molecular complexity index is 668. The number of hydrogen-bond acceptors (Lipinski definition) is 5. The highest BCUT2D eigenvalue weighted by Gasteiger charge is 2.17. The summed E-state index contributed by atoms with van der Waals surface area (Å²) >= 11 is 0. The Morgan fingerprint density at radius 3 is 2.91 bits per heavy atom. The molecule has 2 aromatic rings. The van der Waals surface area contributed by atoms with E-state index in [1.165, 1.54) is 5.56 Å². The molecule has 0 bridgehead atoms. The monoisotopic (exact) mass is 297 g/mol. The third kappa shape index (κ3) is 3.42. The van der Waals surface area contributed by atoms with Crippen LogP contribution < -0.4 is 10.6 Å². The average molecular weight is 297 g/mol. The van der Waals surface area contributed by atoms with E-state index in [4.69, 9.17) is 0 Å². The lowest BCUT2D eigenvalue weighted by Crippen LogP contribution is -2.28. The molecule has 0 fully saturated rings. The third-order valence-electron chi connectivity index (χ3n) is 3.89. The fourth-order valence-corrected chi connectivity index (χ4v) is 2.91. The Labute approximate surface area is 131 Å². The minimum absolute atomic E-state index is 0.280. The van der Waals surface area contributed by atoms with Gasteiger partial charge in [0.05, 0.1) is 5.69 Å². The van der Waals surface area contributed by atoms with Gasteiger partial charge >= 0.3 is 0 Å². The molecule has 5 nitrogen and oxygen atoms in total. The molecule has 3 rings (SSSR count). The molecule has 3 heterocycles. The van der Waals surface area contributed by atoms with E-state index in [0.717, 1.165) is 54.7 Å². The smallest absolute Gasteiger partial charge is 0.133 e. The zero-order valence-electron chi connectivity index (χ0n) is 13.5. The molecular weight excluding hydrogens is 274 g/mol. The molecule has 22 heavy (non-hydrogen) atoms. The standard InChI is InChI=1S/C17H23N5/c1-11-5-4-6-14(19-11)9-12(2)20-17-15-7-8-18-10-16(15)21-13(3)22-17/h4-6,12,18H,7-10H2,1-3H3,(H,20,21,22). The van der Waals surface area contributed by atoms with Crippen LogP contribution in [-0.4, -0.2) is 27.5 Å². The molecule has 0 spiro atoms. The van der Waals surface area contributed by atoms with E-state index in [-0.39, 0.29) is 6.04 Å². The molecule has 2 aromatic heterocycles. The maximum atomic E-state index is 4.62. The van der Waals surface area contributed by atoms with Crippen LogP contribution in [0.15, 0.2) is 18.2 Å². The van der Waals surface area contributed by atoms with Crippen LogP contribution in [0.5, 0.6) is 0 Å². The van der Waals surface area contributed by atoms with Crippen molar-refractivity contribution < 1.29 is 0 Å². The summed E-state index contributed by atoms with van der Waals surface area (Å²) in [6.45, 7) is 7.98. The predicted octanol–water partition coefficient (Wildman–Crippen LogP) is 2.18. The van der Waals surface area contributed by atoms with Crippen LogP contribution in [0.2, 0.25) is 0 Å². The summed E-state index contributed by atoms with van der Waals surface area (Å²) in [4.78, 5) is 13.7. The molecule has 0 radical (unpaired) electrons. The van der Waals surface area contributed by atoms with Crippen LogP contribution in [0.25, 0.3) is 0 Å². The van der Waals surface area contributed by atoms with Crippen LogP contribution in [0.3, 0.4) is 0 Å². The fourth-order valence-electron chi connectivity index (χ4n) is 2.91. The largest absolute Gasteiger partial charge is 0.367 e. The Morgan fingerprint density at radius 1 is 1.23 bits per heavy atom. The minimum Gasteiger partial charge on any atom is -0.367 e. The normalized spacial score (nSPS) is 15.2. The van der Waals surface area contributed by atoms with Crippen molar-refractivity contribution >= 4 is 5.82 Å². The summed E-state index contributed by atoms with van der Waals surface area (Å²) in [5, 5.41) is 6.93. The van der Waals surface area contributed by atoms with E-state index in [9.17, 15) is 0 Å². The van der Waals surface area contributed by atoms with Crippen molar-refractivity contribution in [3.05, 3.63) is 46.7 Å². The van der Waals surface area contributed by atoms with Crippen molar-refractivity contribution in [2.75, 3.05) is 11.9 Å². The van der Waals surface area contributed by atoms with Gasteiger partial charge < -0.3 is 10.6 Å². The van der Waals surface area contributed by atoms with Gasteiger partial charge in [0.25, 0.3) is 0 Å². The average Bonchev–Trinajstić information content (AvgIpc) is 2.47. The topological polar surface area (TPSA) is 62.7 Å². The highest BCUT2D eigenvalue weighted by atomic mass is 15.1. The van der Waals surface area contributed by atoms with E-state index < -0.39 is 0 Å². The molecular formula is C17H23N5. The summed E-state index contributed by atoms with van der Waals surface area (Å²) < 4.78 is 0. The first-order valence-corrected chi connectivity index (χ1v) is 7.88. The summed E-state index contributed by atoms with van der Waals surface area (Å²) in [7, 11) is 0. The fraction of sp³-hybridized carbons (Fsp3) is 0.471. The summed E-state index contributed by atoms with van der Waals surface area (Å²) in [5.74, 6) is 1.81. The van der Waals surface area contributed by atoms with Gasteiger partial charge in [-0.15, -0.1) is 0 Å². The molecule has 116 valence electrons. The van der Waals surface area contributed by atoms with E-state index in [1.54, 1.807) is 0 Å². The van der Waals surface area contributed by atoms with E-state index in [2.05, 4.69) is 44.6 Å². The second kappa shape index (κ2) is 6.40. The second-order valence-electron chi connectivity index (χ2n) is 5.99. The van der Waals surface area contributed by atoms with Crippen molar-refractivity contribution in [1.82, 2.24) is 20.3 Å². The first kappa shape index (κ1) is 14.9. The maximum Gasteiger partial charge on any atom is 0.133 e. The summed E-state index contributed by atoms with van der Waals surface area (Å²) in [6.07, 6.45) is 1.87. The lowest BCUT2D eigenvalue weighted by atomic mass is 10.1.